The molecule has 0 saturated carbocycles. The van der Waals surface area contributed by atoms with Gasteiger partial charge in [0.2, 0.25) is 5.91 Å². The summed E-state index contributed by atoms with van der Waals surface area (Å²) in [4.78, 5) is 24.9. The molecule has 0 saturated heterocycles. The number of hydrogen-bond donors (Lipinski definition) is 1. The molecule has 1 aromatic carbocycles. The van der Waals surface area contributed by atoms with Crippen LogP contribution in [-0.4, -0.2) is 43.8 Å². The van der Waals surface area contributed by atoms with E-state index in [1.807, 2.05) is 24.1 Å². The summed E-state index contributed by atoms with van der Waals surface area (Å²) < 4.78 is 0.951. The Bertz CT molecular complexity index is 418. The number of rotatable bonds is 6. The lowest BCUT2D eigenvalue weighted by Gasteiger charge is -2.15. The molecule has 0 spiro atoms. The summed E-state index contributed by atoms with van der Waals surface area (Å²) in [6.07, 6.45) is 0.403. The van der Waals surface area contributed by atoms with E-state index in [9.17, 15) is 9.59 Å². The summed E-state index contributed by atoms with van der Waals surface area (Å²) in [5.41, 5.74) is 0.685. The van der Waals surface area contributed by atoms with Crippen LogP contribution in [0.25, 0.3) is 0 Å². The van der Waals surface area contributed by atoms with Crippen molar-refractivity contribution in [3.63, 3.8) is 0 Å². The largest absolute Gasteiger partial charge is 0.359 e. The predicted molar refractivity (Wildman–Crippen MR) is 74.7 cm³/mol. The zero-order valence-corrected chi connectivity index (χ0v) is 12.2. The average Bonchev–Trinajstić information content (AvgIpc) is 2.36. The number of ketones is 1. The van der Waals surface area contributed by atoms with Crippen LogP contribution in [0.3, 0.4) is 0 Å². The number of likely N-dealkylation sites (N-methyl/N-ethyl adjacent to an activating group) is 1. The first-order chi connectivity index (χ1) is 8.52. The van der Waals surface area contributed by atoms with Crippen LogP contribution in [0.15, 0.2) is 28.7 Å². The minimum atomic E-state index is -0.0158. The van der Waals surface area contributed by atoms with Gasteiger partial charge >= 0.3 is 0 Å². The second-order valence-corrected chi connectivity index (χ2v) is 5.01. The lowest BCUT2D eigenvalue weighted by Crippen LogP contribution is -2.30. The van der Waals surface area contributed by atoms with Crippen molar-refractivity contribution in [2.75, 3.05) is 27.2 Å². The summed E-state index contributed by atoms with van der Waals surface area (Å²) in [5.74, 6) is 0.0415. The van der Waals surface area contributed by atoms with Crippen LogP contribution in [0.2, 0.25) is 0 Å². The molecular formula is C13H17BrN2O2. The van der Waals surface area contributed by atoms with Crippen LogP contribution in [-0.2, 0) is 4.79 Å². The van der Waals surface area contributed by atoms with Gasteiger partial charge in [0.05, 0.1) is 6.54 Å². The fraction of sp³-hybridized carbons (Fsp3) is 0.385. The summed E-state index contributed by atoms with van der Waals surface area (Å²) in [6, 6.07) is 7.27. The normalized spacial score (nSPS) is 10.4. The molecule has 5 heteroatoms. The number of benzene rings is 1. The predicted octanol–water partition coefficient (Wildman–Crippen LogP) is 1.70. The highest BCUT2D eigenvalue weighted by atomic mass is 79.9. The third-order valence-electron chi connectivity index (χ3n) is 2.58. The van der Waals surface area contributed by atoms with Crippen LogP contribution in [0.1, 0.15) is 16.8 Å². The average molecular weight is 313 g/mol. The molecule has 0 bridgehead atoms. The van der Waals surface area contributed by atoms with E-state index in [1.165, 1.54) is 0 Å². The quantitative estimate of drug-likeness (QED) is 0.813. The molecule has 0 heterocycles. The molecule has 0 aliphatic rings. The lowest BCUT2D eigenvalue weighted by molar-refractivity contribution is -0.120. The van der Waals surface area contributed by atoms with E-state index in [2.05, 4.69) is 21.2 Å². The maximum absolute atomic E-state index is 11.9. The van der Waals surface area contributed by atoms with E-state index in [0.717, 1.165) is 4.47 Å². The summed E-state index contributed by atoms with van der Waals surface area (Å²) in [6.45, 7) is 0.889. The van der Waals surface area contributed by atoms with Crippen molar-refractivity contribution >= 4 is 27.6 Å². The Morgan fingerprint density at radius 2 is 1.89 bits per heavy atom. The van der Waals surface area contributed by atoms with E-state index in [0.29, 0.717) is 25.1 Å². The van der Waals surface area contributed by atoms with Gasteiger partial charge in [-0.05, 0) is 19.2 Å². The first-order valence-corrected chi connectivity index (χ1v) is 6.50. The monoisotopic (exact) mass is 312 g/mol. The summed E-state index contributed by atoms with van der Waals surface area (Å²) in [7, 11) is 3.44. The van der Waals surface area contributed by atoms with Crippen molar-refractivity contribution in [3.05, 3.63) is 34.3 Å². The number of nitrogens with one attached hydrogen (secondary N) is 1. The van der Waals surface area contributed by atoms with Gasteiger partial charge in [0.25, 0.3) is 0 Å². The number of carbonyl (C=O) groups excluding carboxylic acids is 2. The van der Waals surface area contributed by atoms with Crippen molar-refractivity contribution < 1.29 is 9.59 Å². The topological polar surface area (TPSA) is 49.4 Å². The van der Waals surface area contributed by atoms with Crippen LogP contribution >= 0.6 is 15.9 Å². The Balaban J connectivity index is 2.44. The number of nitrogens with zero attached hydrogens (tertiary/aromatic N) is 1. The highest BCUT2D eigenvalue weighted by molar-refractivity contribution is 9.10. The van der Waals surface area contributed by atoms with Gasteiger partial charge in [0.15, 0.2) is 5.78 Å². The van der Waals surface area contributed by atoms with Crippen LogP contribution in [0.4, 0.5) is 0 Å². The van der Waals surface area contributed by atoms with Gasteiger partial charge in [-0.1, -0.05) is 28.1 Å². The Labute approximate surface area is 115 Å². The lowest BCUT2D eigenvalue weighted by atomic mass is 10.1. The Hall–Kier alpha value is -1.20. The standard InChI is InChI=1S/C13H17BrN2O2/c1-15-13(18)7-8-16(2)9-12(17)10-3-5-11(14)6-4-10/h3-6H,7-9H2,1-2H3,(H,15,18). The molecule has 4 nitrogen and oxygen atoms in total. The molecule has 0 aliphatic heterocycles. The van der Waals surface area contributed by atoms with E-state index >= 15 is 0 Å². The Morgan fingerprint density at radius 3 is 2.44 bits per heavy atom. The maximum atomic E-state index is 11.9. The van der Waals surface area contributed by atoms with Crippen molar-refractivity contribution in [1.82, 2.24) is 10.2 Å². The molecule has 0 fully saturated rings. The third-order valence-corrected chi connectivity index (χ3v) is 3.11. The zero-order chi connectivity index (χ0) is 13.5. The second kappa shape index (κ2) is 7.28. The smallest absolute Gasteiger partial charge is 0.221 e. The van der Waals surface area contributed by atoms with Gasteiger partial charge in [-0.2, -0.15) is 0 Å². The van der Waals surface area contributed by atoms with E-state index in [-0.39, 0.29) is 11.7 Å². The zero-order valence-electron chi connectivity index (χ0n) is 10.6. The van der Waals surface area contributed by atoms with Crippen molar-refractivity contribution in [1.29, 1.82) is 0 Å². The molecule has 0 radical (unpaired) electrons. The molecule has 98 valence electrons. The highest BCUT2D eigenvalue weighted by Crippen LogP contribution is 2.11. The molecule has 0 aliphatic carbocycles. The Morgan fingerprint density at radius 1 is 1.28 bits per heavy atom. The van der Waals surface area contributed by atoms with E-state index in [4.69, 9.17) is 0 Å². The van der Waals surface area contributed by atoms with Crippen molar-refractivity contribution in [2.24, 2.45) is 0 Å². The van der Waals surface area contributed by atoms with Gasteiger partial charge in [-0.15, -0.1) is 0 Å². The fourth-order valence-corrected chi connectivity index (χ4v) is 1.73. The SMILES string of the molecule is CNC(=O)CCN(C)CC(=O)c1ccc(Br)cc1. The fourth-order valence-electron chi connectivity index (χ4n) is 1.47. The number of amides is 1. The first kappa shape index (κ1) is 14.9. The van der Waals surface area contributed by atoms with Crippen molar-refractivity contribution in [2.45, 2.75) is 6.42 Å². The molecule has 0 unspecified atom stereocenters. The van der Waals surface area contributed by atoms with Crippen molar-refractivity contribution in [3.8, 4) is 0 Å². The molecule has 0 aromatic heterocycles. The molecular weight excluding hydrogens is 296 g/mol. The van der Waals surface area contributed by atoms with E-state index < -0.39 is 0 Å². The summed E-state index contributed by atoms with van der Waals surface area (Å²) in [5, 5.41) is 2.56. The minimum Gasteiger partial charge on any atom is -0.359 e. The first-order valence-electron chi connectivity index (χ1n) is 5.71. The van der Waals surface area contributed by atoms with Gasteiger partial charge in [0, 0.05) is 30.0 Å². The molecule has 0 atom stereocenters. The van der Waals surface area contributed by atoms with Crippen LogP contribution in [0, 0.1) is 0 Å². The third kappa shape index (κ3) is 4.98. The number of carbonyl (C=O) groups is 2. The summed E-state index contributed by atoms with van der Waals surface area (Å²) >= 11 is 3.33. The van der Waals surface area contributed by atoms with Gasteiger partial charge < -0.3 is 5.32 Å². The maximum Gasteiger partial charge on any atom is 0.221 e. The second-order valence-electron chi connectivity index (χ2n) is 4.09. The van der Waals surface area contributed by atoms with Crippen LogP contribution in [0.5, 0.6) is 0 Å². The molecule has 1 rings (SSSR count). The Kier molecular flexibility index (Phi) is 6.01. The molecule has 18 heavy (non-hydrogen) atoms. The van der Waals surface area contributed by atoms with Gasteiger partial charge in [-0.25, -0.2) is 0 Å². The minimum absolute atomic E-state index is 0.0158. The number of Topliss-reactive ketones (excluding diaryl/α,β-unsaturated/α-hetero) is 1. The number of halogens is 1. The van der Waals surface area contributed by atoms with Crippen LogP contribution < -0.4 is 5.32 Å². The van der Waals surface area contributed by atoms with Gasteiger partial charge in [0.1, 0.15) is 0 Å². The molecule has 1 amide bonds. The van der Waals surface area contributed by atoms with Gasteiger partial charge in [-0.3, -0.25) is 14.5 Å². The molecule has 1 N–H and O–H groups in total. The highest BCUT2D eigenvalue weighted by Gasteiger charge is 2.10. The molecule has 1 aromatic rings. The number of hydrogen-bond acceptors (Lipinski definition) is 3. The van der Waals surface area contributed by atoms with E-state index in [1.54, 1.807) is 19.2 Å².